The molecule has 0 saturated carbocycles. The molecule has 0 aliphatic carbocycles. The molecule has 0 amide bonds. The number of thioether (sulfide) groups is 1. The number of aryl methyl sites for hydroxylation is 1. The fraction of sp³-hybridized carbons (Fsp3) is 0.312. The van der Waals surface area contributed by atoms with Gasteiger partial charge in [0.05, 0.1) is 15.6 Å². The number of methoxy groups -OCH3 is 1. The van der Waals surface area contributed by atoms with E-state index in [1.807, 2.05) is 6.07 Å². The van der Waals surface area contributed by atoms with Crippen LogP contribution in [0.25, 0.3) is 21.5 Å². The summed E-state index contributed by atoms with van der Waals surface area (Å²) in [6.45, 7) is 2.84. The van der Waals surface area contributed by atoms with E-state index in [1.54, 1.807) is 42.6 Å². The highest BCUT2D eigenvalue weighted by molar-refractivity contribution is 8.01. The molecule has 0 fully saturated rings. The third-order valence-corrected chi connectivity index (χ3v) is 5.92. The van der Waals surface area contributed by atoms with Gasteiger partial charge in [0.25, 0.3) is 0 Å². The van der Waals surface area contributed by atoms with Gasteiger partial charge in [0.1, 0.15) is 11.2 Å². The number of hydrogen-bond donors (Lipinski definition) is 1. The van der Waals surface area contributed by atoms with E-state index in [0.717, 1.165) is 55.7 Å². The van der Waals surface area contributed by atoms with Crippen molar-refractivity contribution in [2.75, 3.05) is 25.2 Å². The lowest BCUT2D eigenvalue weighted by atomic mass is 10.1. The van der Waals surface area contributed by atoms with Crippen molar-refractivity contribution in [3.05, 3.63) is 30.4 Å². The van der Waals surface area contributed by atoms with Gasteiger partial charge in [-0.1, -0.05) is 0 Å². The van der Waals surface area contributed by atoms with Crippen molar-refractivity contribution in [2.24, 2.45) is 0 Å². The van der Waals surface area contributed by atoms with Crippen molar-refractivity contribution < 1.29 is 4.74 Å². The quantitative estimate of drug-likeness (QED) is 0.541. The molecule has 3 aromatic heterocycles. The topological polar surface area (TPSA) is 73.9 Å². The second-order valence-electron chi connectivity index (χ2n) is 5.13. The van der Waals surface area contributed by atoms with E-state index in [4.69, 9.17) is 15.5 Å². The molecule has 5 nitrogen and oxygen atoms in total. The first kappa shape index (κ1) is 16.2. The Morgan fingerprint density at radius 1 is 1.30 bits per heavy atom. The predicted octanol–water partition coefficient (Wildman–Crippen LogP) is 3.77. The minimum absolute atomic E-state index is 0.771. The highest BCUT2D eigenvalue weighted by Crippen LogP contribution is 2.42. The Kier molecular flexibility index (Phi) is 5.09. The number of ether oxygens (including phenoxy) is 1. The van der Waals surface area contributed by atoms with Crippen molar-refractivity contribution in [1.29, 1.82) is 0 Å². The van der Waals surface area contributed by atoms with Crippen molar-refractivity contribution in [2.45, 2.75) is 17.6 Å². The Labute approximate surface area is 143 Å². The zero-order chi connectivity index (χ0) is 16.2. The van der Waals surface area contributed by atoms with Crippen molar-refractivity contribution in [1.82, 2.24) is 15.0 Å². The molecule has 0 radical (unpaired) electrons. The average Bonchev–Trinajstić information content (AvgIpc) is 2.89. The van der Waals surface area contributed by atoms with E-state index in [9.17, 15) is 0 Å². The Bertz CT molecular complexity index is 805. The first-order valence-electron chi connectivity index (χ1n) is 7.27. The number of aromatic nitrogens is 3. The van der Waals surface area contributed by atoms with Gasteiger partial charge >= 0.3 is 0 Å². The minimum atomic E-state index is 0.771. The Hall–Kier alpha value is -1.70. The van der Waals surface area contributed by atoms with Crippen molar-refractivity contribution in [3.63, 3.8) is 0 Å². The van der Waals surface area contributed by atoms with Gasteiger partial charge in [-0.25, -0.2) is 15.0 Å². The molecule has 2 N–H and O–H groups in total. The maximum atomic E-state index is 6.34. The first-order chi connectivity index (χ1) is 11.2. The number of pyridine rings is 1. The normalized spacial score (nSPS) is 11.2. The van der Waals surface area contributed by atoms with E-state index in [-0.39, 0.29) is 0 Å². The van der Waals surface area contributed by atoms with Gasteiger partial charge in [0.2, 0.25) is 0 Å². The molecule has 3 aromatic rings. The maximum Gasteiger partial charge on any atom is 0.127 e. The van der Waals surface area contributed by atoms with Gasteiger partial charge < -0.3 is 10.5 Å². The van der Waals surface area contributed by atoms with Crippen LogP contribution in [0.2, 0.25) is 0 Å². The van der Waals surface area contributed by atoms with Crippen LogP contribution in [0, 0.1) is 6.92 Å². The standard InChI is InChI=1S/C16H18N4OS2/c1-10-6-12(11-7-18-9-19-8-11)20-15-13(10)14(17)16(23-15)22-5-3-4-21-2/h6-9H,3-5,17H2,1-2H3. The maximum absolute atomic E-state index is 6.34. The number of nitrogens with two attached hydrogens (primary N) is 1. The van der Waals surface area contributed by atoms with Gasteiger partial charge in [0.15, 0.2) is 0 Å². The fourth-order valence-corrected chi connectivity index (χ4v) is 4.68. The molecule has 3 rings (SSSR count). The molecule has 0 unspecified atom stereocenters. The second-order valence-corrected chi connectivity index (χ2v) is 7.49. The van der Waals surface area contributed by atoms with E-state index >= 15 is 0 Å². The SMILES string of the molecule is COCCCSc1sc2nc(-c3cncnc3)cc(C)c2c1N. The summed E-state index contributed by atoms with van der Waals surface area (Å²) in [5, 5.41) is 1.06. The molecule has 0 bridgehead atoms. The lowest BCUT2D eigenvalue weighted by Gasteiger charge is -2.03. The van der Waals surface area contributed by atoms with E-state index in [1.165, 1.54) is 6.33 Å². The number of thiophene rings is 1. The Balaban J connectivity index is 1.94. The summed E-state index contributed by atoms with van der Waals surface area (Å²) < 4.78 is 6.22. The summed E-state index contributed by atoms with van der Waals surface area (Å²) in [4.78, 5) is 13.8. The third kappa shape index (κ3) is 3.46. The van der Waals surface area contributed by atoms with Gasteiger partial charge in [-0.2, -0.15) is 0 Å². The molecule has 0 saturated heterocycles. The lowest BCUT2D eigenvalue weighted by molar-refractivity contribution is 0.200. The highest BCUT2D eigenvalue weighted by Gasteiger charge is 2.15. The monoisotopic (exact) mass is 346 g/mol. The van der Waals surface area contributed by atoms with Crippen LogP contribution in [0.15, 0.2) is 29.0 Å². The van der Waals surface area contributed by atoms with Crippen LogP contribution in [-0.2, 0) is 4.74 Å². The Morgan fingerprint density at radius 2 is 2.09 bits per heavy atom. The lowest BCUT2D eigenvalue weighted by Crippen LogP contribution is -1.92. The molecular weight excluding hydrogens is 328 g/mol. The fourth-order valence-electron chi connectivity index (χ4n) is 2.34. The van der Waals surface area contributed by atoms with Gasteiger partial charge in [-0.05, 0) is 25.0 Å². The molecule has 7 heteroatoms. The summed E-state index contributed by atoms with van der Waals surface area (Å²) in [6, 6.07) is 2.05. The minimum Gasteiger partial charge on any atom is -0.397 e. The summed E-state index contributed by atoms with van der Waals surface area (Å²) in [5.74, 6) is 0.989. The number of nitrogens with zero attached hydrogens (tertiary/aromatic N) is 3. The largest absolute Gasteiger partial charge is 0.397 e. The molecule has 0 atom stereocenters. The van der Waals surface area contributed by atoms with Crippen molar-refractivity contribution >= 4 is 39.0 Å². The van der Waals surface area contributed by atoms with Crippen LogP contribution in [0.1, 0.15) is 12.0 Å². The van der Waals surface area contributed by atoms with E-state index < -0.39 is 0 Å². The van der Waals surface area contributed by atoms with Crippen LogP contribution in [0.5, 0.6) is 0 Å². The van der Waals surface area contributed by atoms with Crippen LogP contribution in [0.4, 0.5) is 5.69 Å². The summed E-state index contributed by atoms with van der Waals surface area (Å²) in [5.41, 5.74) is 10.1. The summed E-state index contributed by atoms with van der Waals surface area (Å²) in [6.07, 6.45) is 6.08. The number of anilines is 1. The van der Waals surface area contributed by atoms with Crippen LogP contribution >= 0.6 is 23.1 Å². The number of hydrogen-bond acceptors (Lipinski definition) is 7. The third-order valence-electron chi connectivity index (χ3n) is 3.44. The smallest absolute Gasteiger partial charge is 0.127 e. The van der Waals surface area contributed by atoms with Gasteiger partial charge in [-0.3, -0.25) is 0 Å². The molecule has 0 aromatic carbocycles. The van der Waals surface area contributed by atoms with E-state index in [2.05, 4.69) is 16.9 Å². The number of nitrogen functional groups attached to an aromatic ring is 1. The van der Waals surface area contributed by atoms with Crippen LogP contribution < -0.4 is 5.73 Å². The van der Waals surface area contributed by atoms with Crippen LogP contribution in [-0.4, -0.2) is 34.4 Å². The molecular formula is C16H18N4OS2. The number of fused-ring (bicyclic) bond motifs is 1. The summed E-state index contributed by atoms with van der Waals surface area (Å²) in [7, 11) is 1.72. The molecule has 23 heavy (non-hydrogen) atoms. The second kappa shape index (κ2) is 7.25. The predicted molar refractivity (Wildman–Crippen MR) is 97.0 cm³/mol. The molecule has 0 spiro atoms. The van der Waals surface area contributed by atoms with Crippen molar-refractivity contribution in [3.8, 4) is 11.3 Å². The Morgan fingerprint density at radius 3 is 2.83 bits per heavy atom. The van der Waals surface area contributed by atoms with Crippen LogP contribution in [0.3, 0.4) is 0 Å². The average molecular weight is 346 g/mol. The first-order valence-corrected chi connectivity index (χ1v) is 9.07. The molecule has 0 aliphatic rings. The number of rotatable bonds is 6. The molecule has 3 heterocycles. The van der Waals surface area contributed by atoms with Gasteiger partial charge in [-0.15, -0.1) is 23.1 Å². The van der Waals surface area contributed by atoms with Gasteiger partial charge in [0, 0.05) is 42.8 Å². The zero-order valence-electron chi connectivity index (χ0n) is 13.1. The molecule has 120 valence electrons. The molecule has 0 aliphatic heterocycles. The highest BCUT2D eigenvalue weighted by atomic mass is 32.2. The summed E-state index contributed by atoms with van der Waals surface area (Å²) >= 11 is 3.42. The zero-order valence-corrected chi connectivity index (χ0v) is 14.7. The van der Waals surface area contributed by atoms with E-state index in [0.29, 0.717) is 0 Å².